The summed E-state index contributed by atoms with van der Waals surface area (Å²) in [7, 11) is 2.94. The molecule has 1 aromatic heterocycles. The van der Waals surface area contributed by atoms with Crippen LogP contribution in [-0.4, -0.2) is 71.2 Å². The van der Waals surface area contributed by atoms with Crippen molar-refractivity contribution < 1.29 is 28.8 Å². The average molecular weight is 381 g/mol. The number of carbonyl (C=O) groups is 1. The standard InChI is InChI=1S/C18H27N3O6/c1-17(2,3)27-16(22)21-11-6-18(23,7-12(21)10-26-9-11)13-8-19-15(25-5)20-14(13)24-4/h8,11-12,23H,6-7,9-10H2,1-5H3. The van der Waals surface area contributed by atoms with Gasteiger partial charge in [0.15, 0.2) is 0 Å². The minimum absolute atomic E-state index is 0.161. The lowest BCUT2D eigenvalue weighted by Gasteiger charge is -2.51. The molecule has 0 aliphatic carbocycles. The van der Waals surface area contributed by atoms with Gasteiger partial charge < -0.3 is 24.1 Å². The van der Waals surface area contributed by atoms with E-state index >= 15 is 0 Å². The number of hydrogen-bond acceptors (Lipinski definition) is 8. The number of ether oxygens (including phenoxy) is 4. The minimum atomic E-state index is -1.24. The largest absolute Gasteiger partial charge is 0.481 e. The number of amides is 1. The van der Waals surface area contributed by atoms with Crippen LogP contribution in [0, 0.1) is 0 Å². The van der Waals surface area contributed by atoms with Crippen molar-refractivity contribution in [2.45, 2.75) is 56.9 Å². The molecule has 1 amide bonds. The summed E-state index contributed by atoms with van der Waals surface area (Å²) in [6, 6.07) is -0.470. The lowest BCUT2D eigenvalue weighted by atomic mass is 9.77. The summed E-state index contributed by atoms with van der Waals surface area (Å²) in [5.41, 5.74) is -1.35. The van der Waals surface area contributed by atoms with Gasteiger partial charge in [-0.3, -0.25) is 4.90 Å². The molecule has 3 heterocycles. The Balaban J connectivity index is 1.88. The number of rotatable bonds is 3. The van der Waals surface area contributed by atoms with Crippen molar-refractivity contribution in [1.82, 2.24) is 14.9 Å². The molecule has 1 N–H and O–H groups in total. The number of morpholine rings is 1. The van der Waals surface area contributed by atoms with E-state index in [-0.39, 0.29) is 42.9 Å². The second-order valence-electron chi connectivity index (χ2n) is 7.95. The predicted molar refractivity (Wildman–Crippen MR) is 94.7 cm³/mol. The molecule has 2 bridgehead atoms. The molecule has 2 aliphatic heterocycles. The summed E-state index contributed by atoms with van der Waals surface area (Å²) in [5, 5.41) is 11.4. The summed E-state index contributed by atoms with van der Waals surface area (Å²) in [6.07, 6.45) is 1.68. The van der Waals surface area contributed by atoms with Crippen LogP contribution in [-0.2, 0) is 15.1 Å². The van der Waals surface area contributed by atoms with E-state index in [0.29, 0.717) is 18.8 Å². The summed E-state index contributed by atoms with van der Waals surface area (Å²) in [5.74, 6) is 0.258. The Morgan fingerprint density at radius 2 is 1.89 bits per heavy atom. The molecule has 0 spiro atoms. The van der Waals surface area contributed by atoms with Gasteiger partial charge in [-0.15, -0.1) is 0 Å². The predicted octanol–water partition coefficient (Wildman–Crippen LogP) is 1.48. The SMILES string of the molecule is COc1ncc(C2(O)CC3COCC(C2)N3C(=O)OC(C)(C)C)c(OC)n1. The van der Waals surface area contributed by atoms with E-state index < -0.39 is 11.2 Å². The van der Waals surface area contributed by atoms with Crippen LogP contribution in [0.4, 0.5) is 4.79 Å². The Morgan fingerprint density at radius 3 is 2.41 bits per heavy atom. The normalized spacial score (nSPS) is 27.9. The maximum Gasteiger partial charge on any atom is 0.410 e. The highest BCUT2D eigenvalue weighted by atomic mass is 16.6. The molecule has 3 rings (SSSR count). The first-order valence-corrected chi connectivity index (χ1v) is 8.94. The van der Waals surface area contributed by atoms with Crippen molar-refractivity contribution in [1.29, 1.82) is 0 Å². The van der Waals surface area contributed by atoms with Gasteiger partial charge in [-0.05, 0) is 20.8 Å². The van der Waals surface area contributed by atoms with Crippen molar-refractivity contribution >= 4 is 6.09 Å². The summed E-state index contributed by atoms with van der Waals surface area (Å²) in [6.45, 7) is 6.15. The molecule has 2 unspecified atom stereocenters. The lowest BCUT2D eigenvalue weighted by molar-refractivity contribution is -0.141. The molecule has 1 aromatic rings. The molecule has 0 saturated carbocycles. The van der Waals surface area contributed by atoms with Gasteiger partial charge >= 0.3 is 12.1 Å². The zero-order chi connectivity index (χ0) is 19.8. The molecular weight excluding hydrogens is 354 g/mol. The smallest absolute Gasteiger partial charge is 0.410 e. The number of carbonyl (C=O) groups excluding carboxylic acids is 1. The minimum Gasteiger partial charge on any atom is -0.481 e. The topological polar surface area (TPSA) is 103 Å². The second-order valence-corrected chi connectivity index (χ2v) is 7.95. The third-order valence-electron chi connectivity index (χ3n) is 4.77. The number of fused-ring (bicyclic) bond motifs is 2. The van der Waals surface area contributed by atoms with Gasteiger partial charge in [0.2, 0.25) is 5.88 Å². The number of methoxy groups -OCH3 is 2. The van der Waals surface area contributed by atoms with Crippen LogP contribution in [0.25, 0.3) is 0 Å². The summed E-state index contributed by atoms with van der Waals surface area (Å²) in [4.78, 5) is 22.7. The molecule has 27 heavy (non-hydrogen) atoms. The van der Waals surface area contributed by atoms with Gasteiger partial charge in [-0.1, -0.05) is 0 Å². The first-order chi connectivity index (χ1) is 12.7. The highest BCUT2D eigenvalue weighted by molar-refractivity contribution is 5.69. The lowest BCUT2D eigenvalue weighted by Crippen LogP contribution is -2.63. The van der Waals surface area contributed by atoms with Crippen molar-refractivity contribution in [3.8, 4) is 11.9 Å². The molecule has 150 valence electrons. The molecule has 2 aliphatic rings. The number of aliphatic hydroxyl groups is 1. The third-order valence-corrected chi connectivity index (χ3v) is 4.77. The van der Waals surface area contributed by atoms with Crippen molar-refractivity contribution in [2.24, 2.45) is 0 Å². The number of aromatic nitrogens is 2. The molecular formula is C18H27N3O6. The number of nitrogens with zero attached hydrogens (tertiary/aromatic N) is 3. The Morgan fingerprint density at radius 1 is 1.26 bits per heavy atom. The van der Waals surface area contributed by atoms with E-state index in [4.69, 9.17) is 18.9 Å². The van der Waals surface area contributed by atoms with Gasteiger partial charge in [0, 0.05) is 19.0 Å². The molecule has 0 radical (unpaired) electrons. The fourth-order valence-corrected chi connectivity index (χ4v) is 3.73. The zero-order valence-electron chi connectivity index (χ0n) is 16.4. The quantitative estimate of drug-likeness (QED) is 0.840. The van der Waals surface area contributed by atoms with Crippen LogP contribution < -0.4 is 9.47 Å². The first-order valence-electron chi connectivity index (χ1n) is 8.94. The van der Waals surface area contributed by atoms with Crippen LogP contribution in [0.5, 0.6) is 11.9 Å². The van der Waals surface area contributed by atoms with Gasteiger partial charge in [0.25, 0.3) is 0 Å². The van der Waals surface area contributed by atoms with Gasteiger partial charge in [0.05, 0.1) is 45.1 Å². The van der Waals surface area contributed by atoms with Gasteiger partial charge in [-0.25, -0.2) is 9.78 Å². The van der Waals surface area contributed by atoms with E-state index in [2.05, 4.69) is 9.97 Å². The Hall–Kier alpha value is -2.13. The van der Waals surface area contributed by atoms with Crippen LogP contribution in [0.1, 0.15) is 39.2 Å². The molecule has 2 saturated heterocycles. The van der Waals surface area contributed by atoms with Crippen molar-refractivity contribution in [2.75, 3.05) is 27.4 Å². The fraction of sp³-hybridized carbons (Fsp3) is 0.722. The molecule has 9 heteroatoms. The monoisotopic (exact) mass is 381 g/mol. The molecule has 2 atom stereocenters. The van der Waals surface area contributed by atoms with E-state index in [1.165, 1.54) is 20.4 Å². The summed E-state index contributed by atoms with van der Waals surface area (Å²) < 4.78 is 21.5. The van der Waals surface area contributed by atoms with Crippen LogP contribution in [0.2, 0.25) is 0 Å². The summed E-state index contributed by atoms with van der Waals surface area (Å²) >= 11 is 0. The van der Waals surface area contributed by atoms with Crippen LogP contribution in [0.15, 0.2) is 6.20 Å². The van der Waals surface area contributed by atoms with E-state index in [1.807, 2.05) is 20.8 Å². The average Bonchev–Trinajstić information content (AvgIpc) is 2.58. The van der Waals surface area contributed by atoms with Crippen molar-refractivity contribution in [3.63, 3.8) is 0 Å². The second kappa shape index (κ2) is 7.12. The van der Waals surface area contributed by atoms with Crippen LogP contribution >= 0.6 is 0 Å². The first kappa shape index (κ1) is 19.6. The Labute approximate surface area is 158 Å². The van der Waals surface area contributed by atoms with E-state index in [0.717, 1.165) is 0 Å². The van der Waals surface area contributed by atoms with Crippen molar-refractivity contribution in [3.05, 3.63) is 11.8 Å². The van der Waals surface area contributed by atoms with E-state index in [9.17, 15) is 9.90 Å². The molecule has 0 aromatic carbocycles. The number of piperidine rings is 1. The third kappa shape index (κ3) is 3.93. The Kier molecular flexibility index (Phi) is 5.18. The maximum atomic E-state index is 12.7. The highest BCUT2D eigenvalue weighted by Gasteiger charge is 2.51. The highest BCUT2D eigenvalue weighted by Crippen LogP contribution is 2.44. The van der Waals surface area contributed by atoms with Gasteiger partial charge in [-0.2, -0.15) is 4.98 Å². The van der Waals surface area contributed by atoms with E-state index in [1.54, 1.807) is 4.90 Å². The number of hydrogen-bond donors (Lipinski definition) is 1. The van der Waals surface area contributed by atoms with Gasteiger partial charge in [0.1, 0.15) is 11.2 Å². The zero-order valence-corrected chi connectivity index (χ0v) is 16.4. The maximum absolute atomic E-state index is 12.7. The molecule has 2 fully saturated rings. The fourth-order valence-electron chi connectivity index (χ4n) is 3.73. The Bertz CT molecular complexity index is 691. The van der Waals surface area contributed by atoms with Crippen LogP contribution in [0.3, 0.4) is 0 Å². The molecule has 9 nitrogen and oxygen atoms in total.